The molecule has 0 heterocycles. The normalized spacial score (nSPS) is 24.9. The molecule has 0 fully saturated rings. The Morgan fingerprint density at radius 3 is 2.44 bits per heavy atom. The second-order valence-corrected chi connectivity index (χ2v) is 4.96. The van der Waals surface area contributed by atoms with Crippen molar-refractivity contribution in [3.8, 4) is 0 Å². The standard InChI is InChI=1S/C15H14O2.K/c1-9-11-7-3-5-10-6-4-8-12(13(10)11)15(9,2)14(16)17;/h3-9H,1-2H3,(H,16,17);/q;+1/p-1/t9-,15+;/m0./s1. The van der Waals surface area contributed by atoms with E-state index in [1.165, 1.54) is 0 Å². The number of hydrogen-bond donors (Lipinski definition) is 0. The Hall–Kier alpha value is -0.194. The number of rotatable bonds is 1. The minimum Gasteiger partial charge on any atom is -0.549 e. The maximum Gasteiger partial charge on any atom is 1.00 e. The Kier molecular flexibility index (Phi) is 3.73. The van der Waals surface area contributed by atoms with Crippen molar-refractivity contribution >= 4 is 16.7 Å². The molecule has 2 aromatic carbocycles. The van der Waals surface area contributed by atoms with Gasteiger partial charge in [-0.25, -0.2) is 0 Å². The minimum absolute atomic E-state index is 0. The van der Waals surface area contributed by atoms with Gasteiger partial charge < -0.3 is 9.90 Å². The first-order valence-corrected chi connectivity index (χ1v) is 5.80. The van der Waals surface area contributed by atoms with E-state index in [4.69, 9.17) is 0 Å². The zero-order valence-electron chi connectivity index (χ0n) is 10.9. The van der Waals surface area contributed by atoms with E-state index >= 15 is 0 Å². The fraction of sp³-hybridized carbons (Fsp3) is 0.267. The van der Waals surface area contributed by atoms with Crippen molar-refractivity contribution < 1.29 is 61.3 Å². The zero-order chi connectivity index (χ0) is 12.2. The predicted molar refractivity (Wildman–Crippen MR) is 64.7 cm³/mol. The third kappa shape index (κ3) is 1.65. The topological polar surface area (TPSA) is 40.1 Å². The van der Waals surface area contributed by atoms with Gasteiger partial charge in [0.15, 0.2) is 0 Å². The summed E-state index contributed by atoms with van der Waals surface area (Å²) in [6.07, 6.45) is 0. The maximum absolute atomic E-state index is 11.5. The second-order valence-electron chi connectivity index (χ2n) is 4.96. The number of carboxylic acid groups (broad SMARTS) is 1. The molecule has 0 bridgehead atoms. The van der Waals surface area contributed by atoms with Gasteiger partial charge in [0.25, 0.3) is 0 Å². The maximum atomic E-state index is 11.5. The summed E-state index contributed by atoms with van der Waals surface area (Å²) in [5, 5.41) is 13.7. The largest absolute Gasteiger partial charge is 1.00 e. The molecule has 2 atom stereocenters. The first kappa shape index (κ1) is 14.2. The van der Waals surface area contributed by atoms with Crippen molar-refractivity contribution in [3.63, 3.8) is 0 Å². The zero-order valence-corrected chi connectivity index (χ0v) is 14.0. The summed E-state index contributed by atoms with van der Waals surface area (Å²) in [6, 6.07) is 11.9. The van der Waals surface area contributed by atoms with Crippen LogP contribution in [-0.2, 0) is 10.2 Å². The number of aliphatic carboxylic acids is 1. The van der Waals surface area contributed by atoms with Crippen LogP contribution >= 0.6 is 0 Å². The second kappa shape index (κ2) is 4.73. The van der Waals surface area contributed by atoms with Crippen molar-refractivity contribution in [2.75, 3.05) is 0 Å². The van der Waals surface area contributed by atoms with E-state index in [1.807, 2.05) is 43.3 Å². The Bertz CT molecular complexity index is 630. The molecule has 18 heavy (non-hydrogen) atoms. The first-order chi connectivity index (χ1) is 8.06. The van der Waals surface area contributed by atoms with Crippen molar-refractivity contribution in [2.24, 2.45) is 0 Å². The molecular formula is C15H13KO2. The summed E-state index contributed by atoms with van der Waals surface area (Å²) < 4.78 is 0. The molecule has 0 saturated carbocycles. The van der Waals surface area contributed by atoms with Gasteiger partial charge in [-0.2, -0.15) is 0 Å². The molecule has 1 aliphatic carbocycles. The molecule has 86 valence electrons. The number of carbonyl (C=O) groups excluding carboxylic acids is 1. The molecule has 0 saturated heterocycles. The molecule has 0 spiro atoms. The van der Waals surface area contributed by atoms with Gasteiger partial charge in [0, 0.05) is 5.41 Å². The van der Waals surface area contributed by atoms with Crippen molar-refractivity contribution in [1.29, 1.82) is 0 Å². The van der Waals surface area contributed by atoms with Gasteiger partial charge in [0.05, 0.1) is 5.97 Å². The van der Waals surface area contributed by atoms with Gasteiger partial charge in [0.2, 0.25) is 0 Å². The summed E-state index contributed by atoms with van der Waals surface area (Å²) in [7, 11) is 0. The Balaban J connectivity index is 0.00000120. The molecule has 0 aliphatic heterocycles. The molecule has 0 radical (unpaired) electrons. The number of benzene rings is 2. The van der Waals surface area contributed by atoms with Gasteiger partial charge in [-0.3, -0.25) is 0 Å². The van der Waals surface area contributed by atoms with Crippen LogP contribution in [0, 0.1) is 0 Å². The molecule has 0 aromatic heterocycles. The number of hydrogen-bond acceptors (Lipinski definition) is 2. The van der Waals surface area contributed by atoms with E-state index in [0.29, 0.717) is 0 Å². The number of carboxylic acids is 1. The summed E-state index contributed by atoms with van der Waals surface area (Å²) in [6.45, 7) is 3.73. The van der Waals surface area contributed by atoms with E-state index in [0.717, 1.165) is 21.9 Å². The van der Waals surface area contributed by atoms with Gasteiger partial charge in [-0.1, -0.05) is 43.3 Å². The first-order valence-electron chi connectivity index (χ1n) is 5.80. The summed E-state index contributed by atoms with van der Waals surface area (Å²) in [4.78, 5) is 11.5. The average Bonchev–Trinajstić information content (AvgIpc) is 2.56. The molecule has 2 nitrogen and oxygen atoms in total. The Labute approximate surface area is 149 Å². The van der Waals surface area contributed by atoms with Crippen LogP contribution in [0.25, 0.3) is 10.8 Å². The van der Waals surface area contributed by atoms with Crippen molar-refractivity contribution in [2.45, 2.75) is 25.2 Å². The van der Waals surface area contributed by atoms with E-state index in [1.54, 1.807) is 6.92 Å². The molecule has 0 unspecified atom stereocenters. The fourth-order valence-corrected chi connectivity index (χ4v) is 2.99. The molecule has 3 rings (SSSR count). The van der Waals surface area contributed by atoms with Crippen LogP contribution in [0.15, 0.2) is 36.4 Å². The summed E-state index contributed by atoms with van der Waals surface area (Å²) in [5.41, 5.74) is 1.09. The summed E-state index contributed by atoms with van der Waals surface area (Å²) >= 11 is 0. The van der Waals surface area contributed by atoms with Crippen LogP contribution in [0.2, 0.25) is 0 Å². The molecule has 2 aromatic rings. The van der Waals surface area contributed by atoms with Gasteiger partial charge in [-0.15, -0.1) is 0 Å². The van der Waals surface area contributed by atoms with Crippen LogP contribution < -0.4 is 56.5 Å². The number of carbonyl (C=O) groups is 1. The van der Waals surface area contributed by atoms with E-state index < -0.39 is 11.4 Å². The predicted octanol–water partition coefficient (Wildman–Crippen LogP) is -1.03. The van der Waals surface area contributed by atoms with Crippen LogP contribution in [0.4, 0.5) is 0 Å². The third-order valence-electron chi connectivity index (χ3n) is 4.25. The summed E-state index contributed by atoms with van der Waals surface area (Å²) in [5.74, 6) is -1.04. The average molecular weight is 264 g/mol. The van der Waals surface area contributed by atoms with Gasteiger partial charge >= 0.3 is 51.4 Å². The molecule has 0 N–H and O–H groups in total. The van der Waals surface area contributed by atoms with Crippen LogP contribution in [0.5, 0.6) is 0 Å². The third-order valence-corrected chi connectivity index (χ3v) is 4.25. The molecule has 1 aliphatic rings. The van der Waals surface area contributed by atoms with E-state index in [-0.39, 0.29) is 57.3 Å². The van der Waals surface area contributed by atoms with Crippen molar-refractivity contribution in [1.82, 2.24) is 0 Å². The smallest absolute Gasteiger partial charge is 0.549 e. The van der Waals surface area contributed by atoms with E-state index in [2.05, 4.69) is 0 Å². The molecular weight excluding hydrogens is 251 g/mol. The monoisotopic (exact) mass is 264 g/mol. The van der Waals surface area contributed by atoms with Crippen LogP contribution in [-0.4, -0.2) is 5.97 Å². The Morgan fingerprint density at radius 2 is 1.83 bits per heavy atom. The Morgan fingerprint density at radius 1 is 1.22 bits per heavy atom. The van der Waals surface area contributed by atoms with Gasteiger partial charge in [-0.05, 0) is 34.7 Å². The molecule has 0 amide bonds. The minimum atomic E-state index is -0.992. The van der Waals surface area contributed by atoms with E-state index in [9.17, 15) is 9.90 Å². The SMILES string of the molecule is C[C@H]1c2cccc3cccc(c23)[C@]1(C)C(=O)[O-].[K+]. The quantitative estimate of drug-likeness (QED) is 0.618. The van der Waals surface area contributed by atoms with Crippen molar-refractivity contribution in [3.05, 3.63) is 47.5 Å². The fourth-order valence-electron chi connectivity index (χ4n) is 2.99. The van der Waals surface area contributed by atoms with Crippen LogP contribution in [0.3, 0.4) is 0 Å². The van der Waals surface area contributed by atoms with Gasteiger partial charge in [0.1, 0.15) is 0 Å². The van der Waals surface area contributed by atoms with Crippen LogP contribution in [0.1, 0.15) is 30.9 Å². The molecule has 3 heteroatoms.